The molecule has 3 unspecified atom stereocenters. The minimum absolute atomic E-state index is 0.814. The summed E-state index contributed by atoms with van der Waals surface area (Å²) in [5, 5.41) is 0. The molecule has 1 nitrogen and oxygen atoms in total. The van der Waals surface area contributed by atoms with Crippen molar-refractivity contribution in [2.24, 2.45) is 17.8 Å². The summed E-state index contributed by atoms with van der Waals surface area (Å²) in [4.78, 5) is 2.51. The van der Waals surface area contributed by atoms with Crippen molar-refractivity contribution < 1.29 is 0 Å². The van der Waals surface area contributed by atoms with Gasteiger partial charge in [0, 0.05) is 13.1 Å². The molecular formula is C11H19N. The molecule has 2 saturated heterocycles. The third kappa shape index (κ3) is 1.42. The number of fused-ring (bicyclic) bond motifs is 4. The van der Waals surface area contributed by atoms with Crippen LogP contribution in [0.2, 0.25) is 0 Å². The van der Waals surface area contributed by atoms with Crippen LogP contribution in [0.1, 0.15) is 19.3 Å². The Bertz CT molecular complexity index is 176. The largest absolute Gasteiger partial charge is 0.306 e. The lowest BCUT2D eigenvalue weighted by Gasteiger charge is -2.29. The van der Waals surface area contributed by atoms with E-state index < -0.39 is 0 Å². The van der Waals surface area contributed by atoms with Gasteiger partial charge in [-0.05, 0) is 44.1 Å². The van der Waals surface area contributed by atoms with E-state index in [9.17, 15) is 0 Å². The van der Waals surface area contributed by atoms with Gasteiger partial charge in [0.25, 0.3) is 0 Å². The highest BCUT2D eigenvalue weighted by Gasteiger charge is 2.33. The molecule has 0 aromatic carbocycles. The van der Waals surface area contributed by atoms with Crippen molar-refractivity contribution in [1.82, 2.24) is 4.90 Å². The van der Waals surface area contributed by atoms with Gasteiger partial charge in [-0.3, -0.25) is 0 Å². The summed E-state index contributed by atoms with van der Waals surface area (Å²) in [6.45, 7) is 6.57. The fourth-order valence-electron chi connectivity index (χ4n) is 2.96. The molecule has 0 aromatic rings. The Morgan fingerprint density at radius 1 is 1.33 bits per heavy atom. The zero-order valence-corrected chi connectivity index (χ0v) is 8.00. The van der Waals surface area contributed by atoms with Gasteiger partial charge in [0.1, 0.15) is 0 Å². The first-order valence-electron chi connectivity index (χ1n) is 5.10. The highest BCUT2D eigenvalue weighted by molar-refractivity contribution is 4.94. The van der Waals surface area contributed by atoms with Gasteiger partial charge in [0.05, 0.1) is 0 Å². The van der Waals surface area contributed by atoms with E-state index in [1.807, 2.05) is 0 Å². The minimum Gasteiger partial charge on any atom is -0.306 e. The molecule has 3 fully saturated rings. The summed E-state index contributed by atoms with van der Waals surface area (Å²) in [5.41, 5.74) is 0. The average Bonchev–Trinajstić information content (AvgIpc) is 2.32. The van der Waals surface area contributed by atoms with Gasteiger partial charge >= 0.3 is 0 Å². The second kappa shape index (κ2) is 3.21. The third-order valence-corrected chi connectivity index (χ3v) is 3.58. The van der Waals surface area contributed by atoms with Gasteiger partial charge < -0.3 is 4.90 Å². The van der Waals surface area contributed by atoms with Crippen LogP contribution in [0.15, 0.2) is 12.7 Å². The molecule has 2 bridgehead atoms. The zero-order valence-electron chi connectivity index (χ0n) is 8.00. The number of hydrogen-bond donors (Lipinski definition) is 0. The van der Waals surface area contributed by atoms with Gasteiger partial charge in [0.2, 0.25) is 0 Å². The molecule has 2 heterocycles. The van der Waals surface area contributed by atoms with Crippen molar-refractivity contribution >= 4 is 0 Å². The maximum atomic E-state index is 3.95. The van der Waals surface area contributed by atoms with Crippen LogP contribution in [0.5, 0.6) is 0 Å². The molecule has 1 aliphatic carbocycles. The maximum Gasteiger partial charge on any atom is 0.00124 e. The van der Waals surface area contributed by atoms with Crippen molar-refractivity contribution in [2.45, 2.75) is 19.3 Å². The smallest absolute Gasteiger partial charge is 0.00124 e. The number of allylic oxidation sites excluding steroid dienone is 1. The lowest BCUT2D eigenvalue weighted by molar-refractivity contribution is 0.257. The van der Waals surface area contributed by atoms with Crippen LogP contribution >= 0.6 is 0 Å². The normalized spacial score (nSPS) is 42.6. The minimum atomic E-state index is 0.814. The molecule has 68 valence electrons. The quantitative estimate of drug-likeness (QED) is 0.538. The van der Waals surface area contributed by atoms with E-state index in [1.165, 1.54) is 32.4 Å². The highest BCUT2D eigenvalue weighted by Crippen LogP contribution is 2.38. The predicted molar refractivity (Wildman–Crippen MR) is 52.0 cm³/mol. The molecule has 0 amide bonds. The van der Waals surface area contributed by atoms with Crippen LogP contribution in [0.4, 0.5) is 0 Å². The average molecular weight is 165 g/mol. The number of hydrogen-bond acceptors (Lipinski definition) is 1. The van der Waals surface area contributed by atoms with Gasteiger partial charge in [-0.25, -0.2) is 0 Å². The first-order chi connectivity index (χ1) is 5.79. The van der Waals surface area contributed by atoms with Gasteiger partial charge in [-0.1, -0.05) is 6.08 Å². The molecular weight excluding hydrogens is 146 g/mol. The standard InChI is InChI=1S/C11H19N/c1-3-10-6-9-4-5-11(10)8-12(2)7-9/h3,9-11H,1,4-8H2,2H3. The Kier molecular flexibility index (Phi) is 2.22. The van der Waals surface area contributed by atoms with Crippen LogP contribution in [0.3, 0.4) is 0 Å². The molecule has 0 aromatic heterocycles. The van der Waals surface area contributed by atoms with E-state index >= 15 is 0 Å². The molecule has 2 aliphatic heterocycles. The van der Waals surface area contributed by atoms with E-state index in [1.54, 1.807) is 0 Å². The fraction of sp³-hybridized carbons (Fsp3) is 0.818. The van der Waals surface area contributed by atoms with E-state index in [0.717, 1.165) is 17.8 Å². The molecule has 3 aliphatic rings. The van der Waals surface area contributed by atoms with Crippen molar-refractivity contribution in [1.29, 1.82) is 0 Å². The summed E-state index contributed by atoms with van der Waals surface area (Å²) in [6, 6.07) is 0. The first-order valence-corrected chi connectivity index (χ1v) is 5.10. The Hall–Kier alpha value is -0.300. The fourth-order valence-corrected chi connectivity index (χ4v) is 2.96. The summed E-state index contributed by atoms with van der Waals surface area (Å²) >= 11 is 0. The SMILES string of the molecule is C=CC1CC2CCC1CN(C)C2. The topological polar surface area (TPSA) is 3.24 Å². The summed E-state index contributed by atoms with van der Waals surface area (Å²) in [5.74, 6) is 2.68. The Labute approximate surface area is 75.4 Å². The monoisotopic (exact) mass is 165 g/mol. The predicted octanol–water partition coefficient (Wildman–Crippen LogP) is 2.15. The zero-order chi connectivity index (χ0) is 8.55. The van der Waals surface area contributed by atoms with Crippen LogP contribution < -0.4 is 0 Å². The van der Waals surface area contributed by atoms with Crippen molar-refractivity contribution in [3.8, 4) is 0 Å². The third-order valence-electron chi connectivity index (χ3n) is 3.58. The second-order valence-electron chi connectivity index (χ2n) is 4.56. The van der Waals surface area contributed by atoms with Crippen molar-refractivity contribution in [3.05, 3.63) is 12.7 Å². The van der Waals surface area contributed by atoms with Crippen LogP contribution in [0.25, 0.3) is 0 Å². The van der Waals surface area contributed by atoms with Crippen LogP contribution in [-0.2, 0) is 0 Å². The maximum absolute atomic E-state index is 3.95. The first kappa shape index (κ1) is 8.31. The van der Waals surface area contributed by atoms with Crippen LogP contribution in [0, 0.1) is 17.8 Å². The molecule has 1 heteroatoms. The lowest BCUT2D eigenvalue weighted by Crippen LogP contribution is -2.25. The van der Waals surface area contributed by atoms with Crippen molar-refractivity contribution in [3.63, 3.8) is 0 Å². The molecule has 3 rings (SSSR count). The van der Waals surface area contributed by atoms with Crippen LogP contribution in [-0.4, -0.2) is 25.0 Å². The van der Waals surface area contributed by atoms with Gasteiger partial charge in [-0.2, -0.15) is 0 Å². The molecule has 12 heavy (non-hydrogen) atoms. The van der Waals surface area contributed by atoms with E-state index in [-0.39, 0.29) is 0 Å². The van der Waals surface area contributed by atoms with E-state index in [2.05, 4.69) is 24.6 Å². The molecule has 0 N–H and O–H groups in total. The summed E-state index contributed by atoms with van der Waals surface area (Å²) < 4.78 is 0. The Morgan fingerprint density at radius 2 is 2.17 bits per heavy atom. The second-order valence-corrected chi connectivity index (χ2v) is 4.56. The Balaban J connectivity index is 2.12. The molecule has 3 atom stereocenters. The van der Waals surface area contributed by atoms with Gasteiger partial charge in [-0.15, -0.1) is 6.58 Å². The van der Waals surface area contributed by atoms with E-state index in [4.69, 9.17) is 0 Å². The summed E-state index contributed by atoms with van der Waals surface area (Å²) in [6.07, 6.45) is 6.49. The molecule has 1 saturated carbocycles. The Morgan fingerprint density at radius 3 is 2.92 bits per heavy atom. The number of nitrogens with zero attached hydrogens (tertiary/aromatic N) is 1. The highest BCUT2D eigenvalue weighted by atomic mass is 15.1. The molecule has 0 radical (unpaired) electrons. The molecule has 0 spiro atoms. The lowest BCUT2D eigenvalue weighted by atomic mass is 9.76. The van der Waals surface area contributed by atoms with Gasteiger partial charge in [0.15, 0.2) is 0 Å². The van der Waals surface area contributed by atoms with E-state index in [0.29, 0.717) is 0 Å². The van der Waals surface area contributed by atoms with Crippen molar-refractivity contribution in [2.75, 3.05) is 20.1 Å². The summed E-state index contributed by atoms with van der Waals surface area (Å²) in [7, 11) is 2.26. The number of rotatable bonds is 1.